The van der Waals surface area contributed by atoms with Crippen molar-refractivity contribution in [3.8, 4) is 0 Å². The summed E-state index contributed by atoms with van der Waals surface area (Å²) in [4.78, 5) is 25.1. The lowest BCUT2D eigenvalue weighted by molar-refractivity contribution is -0.113. The van der Waals surface area contributed by atoms with Crippen molar-refractivity contribution in [3.05, 3.63) is 11.3 Å². The van der Waals surface area contributed by atoms with E-state index in [1.54, 1.807) is 4.90 Å². The van der Waals surface area contributed by atoms with Crippen LogP contribution < -0.4 is 5.32 Å². The highest BCUT2D eigenvalue weighted by atomic mass is 35.5. The van der Waals surface area contributed by atoms with Crippen LogP contribution in [-0.4, -0.2) is 45.1 Å². The van der Waals surface area contributed by atoms with E-state index in [1.165, 1.54) is 0 Å². The second-order valence-corrected chi connectivity index (χ2v) is 6.13. The number of ether oxygens (including phenoxy) is 1. The van der Waals surface area contributed by atoms with Crippen LogP contribution in [0.1, 0.15) is 32.0 Å². The Labute approximate surface area is 128 Å². The number of alkyl halides is 1. The molecule has 0 spiro atoms. The van der Waals surface area contributed by atoms with E-state index in [1.807, 2.05) is 20.8 Å². The van der Waals surface area contributed by atoms with Gasteiger partial charge in [-0.3, -0.25) is 9.89 Å². The van der Waals surface area contributed by atoms with Crippen molar-refractivity contribution in [1.82, 2.24) is 15.1 Å². The standard InChI is InChI=1S/C13H19ClN4O3/c1-13(2,3)21-12(20)18-5-4-9-8(7-18)11(17-16-9)15-10(19)6-14/h4-7H2,1-3H3,(H2,15,16,17,19). The van der Waals surface area contributed by atoms with E-state index in [4.69, 9.17) is 16.3 Å². The van der Waals surface area contributed by atoms with Gasteiger partial charge in [-0.1, -0.05) is 0 Å². The number of halogens is 1. The molecule has 0 radical (unpaired) electrons. The summed E-state index contributed by atoms with van der Waals surface area (Å²) in [5.74, 6) is -0.0542. The summed E-state index contributed by atoms with van der Waals surface area (Å²) in [6.07, 6.45) is 0.266. The minimum atomic E-state index is -0.538. The first-order valence-corrected chi connectivity index (χ1v) is 7.23. The quantitative estimate of drug-likeness (QED) is 0.816. The lowest BCUT2D eigenvalue weighted by Gasteiger charge is -2.30. The second kappa shape index (κ2) is 5.93. The third kappa shape index (κ3) is 3.87. The third-order valence-electron chi connectivity index (χ3n) is 2.96. The molecule has 2 amide bonds. The molecule has 0 aromatic carbocycles. The molecule has 2 rings (SSSR count). The maximum atomic E-state index is 12.1. The average molecular weight is 315 g/mol. The minimum absolute atomic E-state index is 0.141. The molecular weight excluding hydrogens is 296 g/mol. The van der Waals surface area contributed by atoms with Gasteiger partial charge < -0.3 is 15.0 Å². The van der Waals surface area contributed by atoms with Gasteiger partial charge in [0.25, 0.3) is 0 Å². The van der Waals surface area contributed by atoms with Gasteiger partial charge in [-0.05, 0) is 20.8 Å². The molecule has 1 aromatic rings. The van der Waals surface area contributed by atoms with Crippen LogP contribution in [0.4, 0.5) is 10.6 Å². The molecule has 116 valence electrons. The van der Waals surface area contributed by atoms with Gasteiger partial charge in [0.1, 0.15) is 11.5 Å². The first kappa shape index (κ1) is 15.6. The molecule has 8 heteroatoms. The Hall–Kier alpha value is -1.76. The number of anilines is 1. The predicted molar refractivity (Wildman–Crippen MR) is 78.3 cm³/mol. The molecule has 0 atom stereocenters. The number of carbonyl (C=O) groups excluding carboxylic acids is 2. The van der Waals surface area contributed by atoms with Crippen molar-refractivity contribution >= 4 is 29.4 Å². The van der Waals surface area contributed by atoms with E-state index < -0.39 is 5.60 Å². The molecule has 21 heavy (non-hydrogen) atoms. The summed E-state index contributed by atoms with van der Waals surface area (Å²) >= 11 is 5.47. The fraction of sp³-hybridized carbons (Fsp3) is 0.615. The Balaban J connectivity index is 2.10. The topological polar surface area (TPSA) is 87.3 Å². The number of nitrogens with one attached hydrogen (secondary N) is 2. The van der Waals surface area contributed by atoms with Gasteiger partial charge in [0.2, 0.25) is 5.91 Å². The van der Waals surface area contributed by atoms with Crippen LogP contribution >= 0.6 is 11.6 Å². The number of carbonyl (C=O) groups is 2. The van der Waals surface area contributed by atoms with Gasteiger partial charge in [0, 0.05) is 24.2 Å². The largest absolute Gasteiger partial charge is 0.444 e. The number of fused-ring (bicyclic) bond motifs is 1. The zero-order chi connectivity index (χ0) is 15.6. The maximum Gasteiger partial charge on any atom is 0.410 e. The molecule has 0 unspecified atom stereocenters. The minimum Gasteiger partial charge on any atom is -0.444 e. The zero-order valence-corrected chi connectivity index (χ0v) is 13.1. The van der Waals surface area contributed by atoms with Gasteiger partial charge in [-0.15, -0.1) is 11.6 Å². The van der Waals surface area contributed by atoms with E-state index in [0.29, 0.717) is 25.3 Å². The van der Waals surface area contributed by atoms with Crippen LogP contribution in [0.15, 0.2) is 0 Å². The van der Waals surface area contributed by atoms with E-state index in [2.05, 4.69) is 15.5 Å². The normalized spacial score (nSPS) is 14.6. The molecule has 0 fully saturated rings. The van der Waals surface area contributed by atoms with Gasteiger partial charge in [0.05, 0.1) is 6.54 Å². The monoisotopic (exact) mass is 314 g/mol. The smallest absolute Gasteiger partial charge is 0.410 e. The van der Waals surface area contributed by atoms with Crippen LogP contribution in [-0.2, 0) is 22.5 Å². The maximum absolute atomic E-state index is 12.1. The van der Waals surface area contributed by atoms with E-state index in [9.17, 15) is 9.59 Å². The van der Waals surface area contributed by atoms with E-state index >= 15 is 0 Å². The van der Waals surface area contributed by atoms with Gasteiger partial charge >= 0.3 is 6.09 Å². The van der Waals surface area contributed by atoms with Crippen LogP contribution in [0, 0.1) is 0 Å². The summed E-state index contributed by atoms with van der Waals surface area (Å²) in [5.41, 5.74) is 1.17. The number of nitrogens with zero attached hydrogens (tertiary/aromatic N) is 2. The molecule has 1 aliphatic rings. The molecule has 0 bridgehead atoms. The van der Waals surface area contributed by atoms with Gasteiger partial charge in [0.15, 0.2) is 5.82 Å². The van der Waals surface area contributed by atoms with Crippen molar-refractivity contribution in [3.63, 3.8) is 0 Å². The summed E-state index contributed by atoms with van der Waals surface area (Å²) in [6, 6.07) is 0. The number of aromatic nitrogens is 2. The summed E-state index contributed by atoms with van der Waals surface area (Å²) in [7, 11) is 0. The summed E-state index contributed by atoms with van der Waals surface area (Å²) in [6.45, 7) is 6.37. The van der Waals surface area contributed by atoms with Crippen molar-refractivity contribution < 1.29 is 14.3 Å². The van der Waals surface area contributed by atoms with Crippen molar-refractivity contribution in [2.24, 2.45) is 0 Å². The highest BCUT2D eigenvalue weighted by Gasteiger charge is 2.28. The molecule has 2 N–H and O–H groups in total. The van der Waals surface area contributed by atoms with Gasteiger partial charge in [-0.25, -0.2) is 4.79 Å². The first-order valence-electron chi connectivity index (χ1n) is 6.70. The van der Waals surface area contributed by atoms with Crippen LogP contribution in [0.2, 0.25) is 0 Å². The number of rotatable bonds is 2. The number of hydrogen-bond acceptors (Lipinski definition) is 4. The molecule has 1 aliphatic heterocycles. The van der Waals surface area contributed by atoms with Crippen LogP contribution in [0.3, 0.4) is 0 Å². The molecule has 2 heterocycles. The summed E-state index contributed by atoms with van der Waals surface area (Å²) < 4.78 is 5.36. The number of H-pyrrole nitrogens is 1. The molecule has 7 nitrogen and oxygen atoms in total. The molecule has 0 saturated carbocycles. The van der Waals surface area contributed by atoms with Gasteiger partial charge in [-0.2, -0.15) is 5.10 Å². The highest BCUT2D eigenvalue weighted by Crippen LogP contribution is 2.25. The van der Waals surface area contributed by atoms with Crippen molar-refractivity contribution in [1.29, 1.82) is 0 Å². The number of amides is 2. The SMILES string of the molecule is CC(C)(C)OC(=O)N1CCc2[nH]nc(NC(=O)CCl)c2C1. The Morgan fingerprint density at radius 3 is 2.81 bits per heavy atom. The lowest BCUT2D eigenvalue weighted by Crippen LogP contribution is -2.40. The third-order valence-corrected chi connectivity index (χ3v) is 3.21. The summed E-state index contributed by atoms with van der Waals surface area (Å²) in [5, 5.41) is 9.55. The Kier molecular flexibility index (Phi) is 4.41. The van der Waals surface area contributed by atoms with Crippen LogP contribution in [0.25, 0.3) is 0 Å². The predicted octanol–water partition coefficient (Wildman–Crippen LogP) is 1.88. The van der Waals surface area contributed by atoms with Crippen molar-refractivity contribution in [2.75, 3.05) is 17.7 Å². The Morgan fingerprint density at radius 1 is 1.48 bits per heavy atom. The zero-order valence-electron chi connectivity index (χ0n) is 12.3. The second-order valence-electron chi connectivity index (χ2n) is 5.86. The average Bonchev–Trinajstić information content (AvgIpc) is 2.79. The van der Waals surface area contributed by atoms with E-state index in [0.717, 1.165) is 11.3 Å². The van der Waals surface area contributed by atoms with E-state index in [-0.39, 0.29) is 17.9 Å². The molecule has 1 aromatic heterocycles. The highest BCUT2D eigenvalue weighted by molar-refractivity contribution is 6.29. The fourth-order valence-corrected chi connectivity index (χ4v) is 2.11. The van der Waals surface area contributed by atoms with Crippen molar-refractivity contribution in [2.45, 2.75) is 39.3 Å². The Bertz CT molecular complexity index is 550. The molecular formula is C13H19ClN4O3. The lowest BCUT2D eigenvalue weighted by atomic mass is 10.1. The van der Waals surface area contributed by atoms with Crippen LogP contribution in [0.5, 0.6) is 0 Å². The first-order chi connectivity index (χ1) is 9.80. The number of hydrogen-bond donors (Lipinski definition) is 2. The molecule has 0 saturated heterocycles. The number of aromatic amines is 1. The molecule has 0 aliphatic carbocycles. The Morgan fingerprint density at radius 2 is 2.19 bits per heavy atom. The fourth-order valence-electron chi connectivity index (χ4n) is 2.05.